The summed E-state index contributed by atoms with van der Waals surface area (Å²) < 4.78 is 10.6. The summed E-state index contributed by atoms with van der Waals surface area (Å²) in [5.41, 5.74) is 2.66. The van der Waals surface area contributed by atoms with E-state index in [0.29, 0.717) is 18.0 Å². The predicted molar refractivity (Wildman–Crippen MR) is 108 cm³/mol. The summed E-state index contributed by atoms with van der Waals surface area (Å²) in [6.45, 7) is 0.502. The Balaban J connectivity index is 1.58. The van der Waals surface area contributed by atoms with Gasteiger partial charge in [-0.05, 0) is 31.8 Å². The Labute approximate surface area is 165 Å². The zero-order chi connectivity index (χ0) is 19.9. The normalized spacial score (nSPS) is 12.0. The average molecular weight is 379 g/mol. The second-order valence-electron chi connectivity index (χ2n) is 6.78. The second-order valence-corrected chi connectivity index (χ2v) is 6.78. The average Bonchev–Trinajstić information content (AvgIpc) is 3.17. The smallest absolute Gasteiger partial charge is 0.226 e. The fourth-order valence-corrected chi connectivity index (χ4v) is 3.00. The fraction of sp³-hybridized carbons (Fsp3) is 0.273. The molecule has 1 aromatic heterocycles. The van der Waals surface area contributed by atoms with Gasteiger partial charge in [0.1, 0.15) is 5.75 Å². The number of benzene rings is 2. The van der Waals surface area contributed by atoms with E-state index in [0.717, 1.165) is 16.9 Å². The monoisotopic (exact) mass is 379 g/mol. The molecular weight excluding hydrogens is 354 g/mol. The first-order valence-corrected chi connectivity index (χ1v) is 9.15. The highest BCUT2D eigenvalue weighted by atomic mass is 16.5. The van der Waals surface area contributed by atoms with Crippen LogP contribution in [0.3, 0.4) is 0 Å². The number of methoxy groups -OCH3 is 1. The number of carbonyl (C=O) groups is 1. The molecule has 2 aromatic carbocycles. The predicted octanol–water partition coefficient (Wildman–Crippen LogP) is 3.31. The van der Waals surface area contributed by atoms with E-state index >= 15 is 0 Å². The third kappa shape index (κ3) is 4.98. The summed E-state index contributed by atoms with van der Waals surface area (Å²) in [7, 11) is 5.63. The molecule has 6 heteroatoms. The number of carbonyl (C=O) groups excluding carboxylic acids is 1. The highest BCUT2D eigenvalue weighted by Crippen LogP contribution is 2.21. The highest BCUT2D eigenvalue weighted by molar-refractivity contribution is 5.78. The quantitative estimate of drug-likeness (QED) is 0.650. The van der Waals surface area contributed by atoms with Gasteiger partial charge < -0.3 is 19.5 Å². The molecule has 0 bridgehead atoms. The lowest BCUT2D eigenvalue weighted by Gasteiger charge is -2.25. The molecule has 1 unspecified atom stereocenters. The van der Waals surface area contributed by atoms with Crippen LogP contribution in [-0.2, 0) is 11.2 Å². The minimum Gasteiger partial charge on any atom is -0.497 e. The molecule has 0 saturated carbocycles. The lowest BCUT2D eigenvalue weighted by atomic mass is 10.1. The number of nitrogens with zero attached hydrogens (tertiary/aromatic N) is 2. The lowest BCUT2D eigenvalue weighted by Crippen LogP contribution is -2.35. The highest BCUT2D eigenvalue weighted by Gasteiger charge is 2.16. The molecule has 3 rings (SSSR count). The molecule has 3 aromatic rings. The Kier molecular flexibility index (Phi) is 6.45. The van der Waals surface area contributed by atoms with Crippen LogP contribution in [-0.4, -0.2) is 43.7 Å². The molecule has 0 aliphatic heterocycles. The van der Waals surface area contributed by atoms with Gasteiger partial charge in [-0.3, -0.25) is 4.79 Å². The van der Waals surface area contributed by atoms with Crippen molar-refractivity contribution in [2.24, 2.45) is 0 Å². The standard InChI is InChI=1S/C22H25N3O3/c1-25(2)20(16-9-11-19(27-3)12-10-16)15-23-22(26)14-18-13-21(28-24-18)17-7-5-4-6-8-17/h4-13,20H,14-15H2,1-3H3,(H,23,26). The molecule has 146 valence electrons. The van der Waals surface area contributed by atoms with Crippen molar-refractivity contribution < 1.29 is 14.1 Å². The van der Waals surface area contributed by atoms with Crippen molar-refractivity contribution in [2.75, 3.05) is 27.7 Å². The van der Waals surface area contributed by atoms with Crippen LogP contribution in [0.25, 0.3) is 11.3 Å². The van der Waals surface area contributed by atoms with Gasteiger partial charge in [0.15, 0.2) is 5.76 Å². The van der Waals surface area contributed by atoms with Gasteiger partial charge in [-0.2, -0.15) is 0 Å². The summed E-state index contributed by atoms with van der Waals surface area (Å²) in [5.74, 6) is 1.38. The van der Waals surface area contributed by atoms with Crippen molar-refractivity contribution >= 4 is 5.91 Å². The Morgan fingerprint density at radius 1 is 1.14 bits per heavy atom. The molecule has 28 heavy (non-hydrogen) atoms. The molecule has 0 radical (unpaired) electrons. The summed E-state index contributed by atoms with van der Waals surface area (Å²) in [6, 6.07) is 19.4. The lowest BCUT2D eigenvalue weighted by molar-refractivity contribution is -0.120. The molecule has 1 N–H and O–H groups in total. The fourth-order valence-electron chi connectivity index (χ4n) is 3.00. The van der Waals surface area contributed by atoms with E-state index < -0.39 is 0 Å². The van der Waals surface area contributed by atoms with Crippen molar-refractivity contribution in [1.82, 2.24) is 15.4 Å². The second kappa shape index (κ2) is 9.19. The van der Waals surface area contributed by atoms with Crippen molar-refractivity contribution in [1.29, 1.82) is 0 Å². The van der Waals surface area contributed by atoms with Crippen LogP contribution < -0.4 is 10.1 Å². The maximum Gasteiger partial charge on any atom is 0.226 e. The van der Waals surface area contributed by atoms with E-state index in [-0.39, 0.29) is 18.4 Å². The van der Waals surface area contributed by atoms with Crippen molar-refractivity contribution in [3.63, 3.8) is 0 Å². The molecule has 1 atom stereocenters. The number of aromatic nitrogens is 1. The third-order valence-corrected chi connectivity index (χ3v) is 4.58. The van der Waals surface area contributed by atoms with Crippen LogP contribution in [0.4, 0.5) is 0 Å². The molecule has 6 nitrogen and oxygen atoms in total. The first kappa shape index (κ1) is 19.6. The number of likely N-dealkylation sites (N-methyl/N-ethyl adjacent to an activating group) is 1. The maximum atomic E-state index is 12.4. The van der Waals surface area contributed by atoms with Gasteiger partial charge in [0, 0.05) is 18.2 Å². The van der Waals surface area contributed by atoms with E-state index in [9.17, 15) is 4.79 Å². The molecular formula is C22H25N3O3. The SMILES string of the molecule is COc1ccc(C(CNC(=O)Cc2cc(-c3ccccc3)on2)N(C)C)cc1. The molecule has 0 fully saturated rings. The minimum atomic E-state index is -0.0896. The molecule has 1 heterocycles. The number of hydrogen-bond donors (Lipinski definition) is 1. The summed E-state index contributed by atoms with van der Waals surface area (Å²) in [6.07, 6.45) is 0.180. The van der Waals surface area contributed by atoms with Gasteiger partial charge in [0.05, 0.1) is 25.3 Å². The van der Waals surface area contributed by atoms with E-state index in [4.69, 9.17) is 9.26 Å². The number of nitrogens with one attached hydrogen (secondary N) is 1. The van der Waals surface area contributed by atoms with Crippen LogP contribution >= 0.6 is 0 Å². The molecule has 0 saturated heterocycles. The Bertz CT molecular complexity index is 889. The zero-order valence-electron chi connectivity index (χ0n) is 16.4. The largest absolute Gasteiger partial charge is 0.497 e. The molecule has 0 aliphatic carbocycles. The van der Waals surface area contributed by atoms with Gasteiger partial charge >= 0.3 is 0 Å². The van der Waals surface area contributed by atoms with Crippen molar-refractivity contribution in [3.8, 4) is 17.1 Å². The van der Waals surface area contributed by atoms with E-state index in [1.807, 2.05) is 74.8 Å². The molecule has 1 amide bonds. The third-order valence-electron chi connectivity index (χ3n) is 4.58. The van der Waals surface area contributed by atoms with Crippen LogP contribution in [0.5, 0.6) is 5.75 Å². The van der Waals surface area contributed by atoms with E-state index in [2.05, 4.69) is 15.4 Å². The Morgan fingerprint density at radius 3 is 2.50 bits per heavy atom. The van der Waals surface area contributed by atoms with Gasteiger partial charge in [-0.15, -0.1) is 0 Å². The van der Waals surface area contributed by atoms with E-state index in [1.165, 1.54) is 0 Å². The van der Waals surface area contributed by atoms with Gasteiger partial charge in [-0.1, -0.05) is 47.6 Å². The molecule has 0 spiro atoms. The Hall–Kier alpha value is -3.12. The number of hydrogen-bond acceptors (Lipinski definition) is 5. The summed E-state index contributed by atoms with van der Waals surface area (Å²) in [4.78, 5) is 14.5. The van der Waals surface area contributed by atoms with Crippen molar-refractivity contribution in [2.45, 2.75) is 12.5 Å². The van der Waals surface area contributed by atoms with Crippen molar-refractivity contribution in [3.05, 3.63) is 71.9 Å². The first-order valence-electron chi connectivity index (χ1n) is 9.15. The Morgan fingerprint density at radius 2 is 1.86 bits per heavy atom. The number of ether oxygens (including phenoxy) is 1. The van der Waals surface area contributed by atoms with Crippen LogP contribution in [0.1, 0.15) is 17.3 Å². The first-order chi connectivity index (χ1) is 13.6. The maximum absolute atomic E-state index is 12.4. The summed E-state index contributed by atoms with van der Waals surface area (Å²) in [5, 5.41) is 7.01. The number of rotatable bonds is 8. The van der Waals surface area contributed by atoms with Gasteiger partial charge in [0.2, 0.25) is 5.91 Å². The van der Waals surface area contributed by atoms with Gasteiger partial charge in [0.25, 0.3) is 0 Å². The van der Waals surface area contributed by atoms with E-state index in [1.54, 1.807) is 7.11 Å². The zero-order valence-corrected chi connectivity index (χ0v) is 16.4. The molecule has 0 aliphatic rings. The van der Waals surface area contributed by atoms with Crippen LogP contribution in [0.2, 0.25) is 0 Å². The topological polar surface area (TPSA) is 67.6 Å². The minimum absolute atomic E-state index is 0.0621. The summed E-state index contributed by atoms with van der Waals surface area (Å²) >= 11 is 0. The van der Waals surface area contributed by atoms with Crippen LogP contribution in [0, 0.1) is 0 Å². The van der Waals surface area contributed by atoms with Crippen LogP contribution in [0.15, 0.2) is 65.2 Å². The number of amides is 1. The van der Waals surface area contributed by atoms with Gasteiger partial charge in [-0.25, -0.2) is 0 Å².